The number of benzene rings is 2. The maximum absolute atomic E-state index is 10.5. The van der Waals surface area contributed by atoms with E-state index in [0.29, 0.717) is 0 Å². The zero-order valence-corrected chi connectivity index (χ0v) is 12.5. The second-order valence-corrected chi connectivity index (χ2v) is 4.86. The van der Waals surface area contributed by atoms with Crippen molar-refractivity contribution in [2.24, 2.45) is 0 Å². The number of anilines is 1. The molecule has 1 radical (unpaired) electrons. The lowest BCUT2D eigenvalue weighted by Crippen LogP contribution is -2.21. The van der Waals surface area contributed by atoms with Crippen LogP contribution in [0.4, 0.5) is 5.69 Å². The van der Waals surface area contributed by atoms with Gasteiger partial charge in [0.05, 0.1) is 0 Å². The number of carbonyl (C=O) groups excluding carboxylic acids is 1. The lowest BCUT2D eigenvalue weighted by atomic mass is 10.1. The molecule has 3 nitrogen and oxygen atoms in total. The van der Waals surface area contributed by atoms with Gasteiger partial charge in [-0.2, -0.15) is 5.26 Å². The van der Waals surface area contributed by atoms with E-state index in [1.807, 2.05) is 48.5 Å². The number of hydrogen-bond acceptors (Lipinski definition) is 3. The Labute approximate surface area is 131 Å². The monoisotopic (exact) mass is 289 g/mol. The number of allylic oxidation sites excluding steroid dienone is 1. The summed E-state index contributed by atoms with van der Waals surface area (Å²) in [5.74, 6) is 0. The van der Waals surface area contributed by atoms with Gasteiger partial charge in [0, 0.05) is 18.8 Å². The van der Waals surface area contributed by atoms with Gasteiger partial charge in [-0.1, -0.05) is 42.5 Å². The molecule has 0 N–H and O–H groups in total. The molecule has 0 spiro atoms. The van der Waals surface area contributed by atoms with Crippen LogP contribution in [0.2, 0.25) is 0 Å². The first kappa shape index (κ1) is 15.5. The summed E-state index contributed by atoms with van der Waals surface area (Å²) < 4.78 is 0. The second-order valence-electron chi connectivity index (χ2n) is 4.86. The molecule has 2 rings (SSSR count). The summed E-state index contributed by atoms with van der Waals surface area (Å²) in [6.07, 6.45) is 3.15. The molecule has 2 aromatic carbocycles. The quantitative estimate of drug-likeness (QED) is 0.601. The van der Waals surface area contributed by atoms with Crippen LogP contribution in [0.25, 0.3) is 6.08 Å². The molecule has 2 aromatic rings. The van der Waals surface area contributed by atoms with Crippen LogP contribution in [0.1, 0.15) is 18.1 Å². The van der Waals surface area contributed by atoms with E-state index >= 15 is 0 Å². The molecule has 0 aliphatic rings. The Hall–Kier alpha value is -2.86. The van der Waals surface area contributed by atoms with E-state index in [1.54, 1.807) is 6.29 Å². The average molecular weight is 289 g/mol. The van der Waals surface area contributed by atoms with Crippen LogP contribution in [-0.4, -0.2) is 12.8 Å². The Morgan fingerprint density at radius 3 is 2.36 bits per heavy atom. The highest BCUT2D eigenvalue weighted by molar-refractivity contribution is 5.87. The van der Waals surface area contributed by atoms with Crippen LogP contribution in [-0.2, 0) is 11.3 Å². The molecule has 0 amide bonds. The van der Waals surface area contributed by atoms with Crippen molar-refractivity contribution < 1.29 is 4.79 Å². The minimum Gasteiger partial charge on any atom is -0.367 e. The van der Waals surface area contributed by atoms with Gasteiger partial charge in [0.2, 0.25) is 6.29 Å². The number of hydrogen-bond donors (Lipinski definition) is 0. The highest BCUT2D eigenvalue weighted by Crippen LogP contribution is 2.19. The lowest BCUT2D eigenvalue weighted by Gasteiger charge is -2.23. The van der Waals surface area contributed by atoms with Gasteiger partial charge in [0.15, 0.2) is 0 Å². The van der Waals surface area contributed by atoms with Crippen molar-refractivity contribution in [2.75, 3.05) is 11.4 Å². The molecule has 0 aliphatic carbocycles. The molecule has 0 atom stereocenters. The summed E-state index contributed by atoms with van der Waals surface area (Å²) in [6, 6.07) is 19.9. The van der Waals surface area contributed by atoms with Crippen molar-refractivity contribution in [2.45, 2.75) is 13.5 Å². The molecule has 0 aliphatic heterocycles. The van der Waals surface area contributed by atoms with Crippen LogP contribution in [0, 0.1) is 11.3 Å². The zero-order valence-electron chi connectivity index (χ0n) is 12.5. The molecule has 0 fully saturated rings. The Bertz CT molecular complexity index is 682. The van der Waals surface area contributed by atoms with Gasteiger partial charge in [-0.15, -0.1) is 0 Å². The lowest BCUT2D eigenvalue weighted by molar-refractivity contribution is 0.563. The van der Waals surface area contributed by atoms with Gasteiger partial charge >= 0.3 is 0 Å². The molecular formula is C19H17N2O. The third-order valence-electron chi connectivity index (χ3n) is 3.40. The maximum atomic E-state index is 10.5. The normalized spacial score (nSPS) is 10.8. The van der Waals surface area contributed by atoms with Crippen LogP contribution in [0.5, 0.6) is 0 Å². The first-order chi connectivity index (χ1) is 10.8. The van der Waals surface area contributed by atoms with E-state index in [1.165, 1.54) is 11.6 Å². The van der Waals surface area contributed by atoms with E-state index < -0.39 is 0 Å². The predicted octanol–water partition coefficient (Wildman–Crippen LogP) is 3.73. The highest BCUT2D eigenvalue weighted by atomic mass is 16.1. The maximum Gasteiger partial charge on any atom is 0.244 e. The molecule has 0 unspecified atom stereocenters. The van der Waals surface area contributed by atoms with Crippen molar-refractivity contribution >= 4 is 18.0 Å². The van der Waals surface area contributed by atoms with Gasteiger partial charge in [-0.05, 0) is 36.3 Å². The first-order valence-electron chi connectivity index (χ1n) is 7.15. The van der Waals surface area contributed by atoms with Gasteiger partial charge in [-0.3, -0.25) is 4.79 Å². The van der Waals surface area contributed by atoms with Gasteiger partial charge in [-0.25, -0.2) is 0 Å². The van der Waals surface area contributed by atoms with Crippen LogP contribution in [0.15, 0.2) is 60.2 Å². The Kier molecular flexibility index (Phi) is 5.50. The molecular weight excluding hydrogens is 272 g/mol. The number of nitrogens with zero attached hydrogens (tertiary/aromatic N) is 2. The summed E-state index contributed by atoms with van der Waals surface area (Å²) >= 11 is 0. The summed E-state index contributed by atoms with van der Waals surface area (Å²) in [6.45, 7) is 3.86. The number of nitriles is 1. The molecule has 0 saturated heterocycles. The third-order valence-corrected chi connectivity index (χ3v) is 3.40. The number of rotatable bonds is 6. The SMILES string of the molecule is CCN(Cc1ccccc1)c1ccc(/C=C(/[C]=O)C#N)cc1. The third kappa shape index (κ3) is 4.07. The first-order valence-corrected chi connectivity index (χ1v) is 7.15. The molecule has 109 valence electrons. The van der Waals surface area contributed by atoms with Gasteiger partial charge < -0.3 is 4.90 Å². The standard InChI is InChI=1S/C19H17N2O/c1-2-21(14-17-6-4-3-5-7-17)19-10-8-16(9-11-19)12-18(13-20)15-22/h3-12H,2,14H2,1H3/b18-12+. The molecule has 3 heteroatoms. The highest BCUT2D eigenvalue weighted by Gasteiger charge is 2.05. The van der Waals surface area contributed by atoms with E-state index in [0.717, 1.165) is 24.3 Å². The molecule has 0 aromatic heterocycles. The Morgan fingerprint density at radius 2 is 1.82 bits per heavy atom. The van der Waals surface area contributed by atoms with E-state index in [2.05, 4.69) is 24.0 Å². The van der Waals surface area contributed by atoms with Crippen LogP contribution >= 0.6 is 0 Å². The van der Waals surface area contributed by atoms with Crippen molar-refractivity contribution in [1.29, 1.82) is 5.26 Å². The van der Waals surface area contributed by atoms with E-state index in [4.69, 9.17) is 5.26 Å². The summed E-state index contributed by atoms with van der Waals surface area (Å²) in [5, 5.41) is 8.74. The van der Waals surface area contributed by atoms with Crippen molar-refractivity contribution in [3.8, 4) is 6.07 Å². The fraction of sp³-hybridized carbons (Fsp3) is 0.158. The van der Waals surface area contributed by atoms with E-state index in [-0.39, 0.29) is 5.57 Å². The van der Waals surface area contributed by atoms with Crippen molar-refractivity contribution in [3.63, 3.8) is 0 Å². The zero-order chi connectivity index (χ0) is 15.8. The molecule has 22 heavy (non-hydrogen) atoms. The smallest absolute Gasteiger partial charge is 0.244 e. The van der Waals surface area contributed by atoms with Crippen LogP contribution < -0.4 is 4.90 Å². The van der Waals surface area contributed by atoms with Crippen molar-refractivity contribution in [1.82, 2.24) is 0 Å². The molecule has 0 bridgehead atoms. The van der Waals surface area contributed by atoms with Gasteiger partial charge in [0.25, 0.3) is 0 Å². The van der Waals surface area contributed by atoms with Gasteiger partial charge in [0.1, 0.15) is 11.6 Å². The molecule has 0 saturated carbocycles. The topological polar surface area (TPSA) is 44.1 Å². The Balaban J connectivity index is 2.16. The summed E-state index contributed by atoms with van der Waals surface area (Å²) in [7, 11) is 0. The summed E-state index contributed by atoms with van der Waals surface area (Å²) in [5.41, 5.74) is 3.19. The minimum atomic E-state index is 0.00406. The Morgan fingerprint density at radius 1 is 1.14 bits per heavy atom. The fourth-order valence-corrected chi connectivity index (χ4v) is 2.22. The largest absolute Gasteiger partial charge is 0.367 e. The van der Waals surface area contributed by atoms with E-state index in [9.17, 15) is 4.79 Å². The summed E-state index contributed by atoms with van der Waals surface area (Å²) in [4.78, 5) is 12.8. The van der Waals surface area contributed by atoms with Crippen molar-refractivity contribution in [3.05, 3.63) is 71.3 Å². The fourth-order valence-electron chi connectivity index (χ4n) is 2.22. The second kappa shape index (κ2) is 7.80. The molecule has 0 heterocycles. The average Bonchev–Trinajstić information content (AvgIpc) is 2.59. The minimum absolute atomic E-state index is 0.00406. The van der Waals surface area contributed by atoms with Crippen LogP contribution in [0.3, 0.4) is 0 Å². The predicted molar refractivity (Wildman–Crippen MR) is 88.9 cm³/mol.